The number of pyridine rings is 2. The van der Waals surface area contributed by atoms with Gasteiger partial charge in [-0.1, -0.05) is 0 Å². The van der Waals surface area contributed by atoms with Crippen molar-refractivity contribution in [2.45, 2.75) is 41.5 Å². The number of anilines is 2. The fourth-order valence-corrected chi connectivity index (χ4v) is 4.15. The normalized spacial score (nSPS) is 10.7. The number of amides is 2. The molecule has 0 aromatic carbocycles. The topological polar surface area (TPSA) is 84.0 Å². The lowest BCUT2D eigenvalue weighted by molar-refractivity contribution is 0.102. The average molecular weight is 409 g/mol. The highest BCUT2D eigenvalue weighted by Gasteiger charge is 2.17. The number of aryl methyl sites for hydroxylation is 6. The van der Waals surface area contributed by atoms with Gasteiger partial charge in [0.25, 0.3) is 11.8 Å². The quantitative estimate of drug-likeness (QED) is 0.643. The molecule has 7 heteroatoms. The van der Waals surface area contributed by atoms with Crippen molar-refractivity contribution >= 4 is 34.5 Å². The number of nitrogens with zero attached hydrogens (tertiary/aromatic N) is 2. The van der Waals surface area contributed by atoms with Crippen molar-refractivity contribution in [1.29, 1.82) is 0 Å². The standard InChI is InChI=1S/C22H24N4O2S/c1-11-9-13(3)23-15(5)19(11)25-21(27)17-7-8-18(29-17)22(28)26-20-12(2)10-14(4)24-16(20)6/h7-10H,1-6H3,(H,25,27)(H,26,28). The molecule has 3 aromatic heterocycles. The van der Waals surface area contributed by atoms with Gasteiger partial charge in [-0.15, -0.1) is 11.3 Å². The molecule has 0 saturated heterocycles. The molecule has 0 saturated carbocycles. The molecular weight excluding hydrogens is 384 g/mol. The zero-order valence-corrected chi connectivity index (χ0v) is 18.2. The molecule has 0 bridgehead atoms. The van der Waals surface area contributed by atoms with Gasteiger partial charge in [0.1, 0.15) is 0 Å². The molecule has 6 nitrogen and oxygen atoms in total. The molecule has 0 radical (unpaired) electrons. The molecule has 2 amide bonds. The summed E-state index contributed by atoms with van der Waals surface area (Å²) < 4.78 is 0. The second kappa shape index (κ2) is 8.13. The van der Waals surface area contributed by atoms with Gasteiger partial charge in [-0.05, 0) is 76.9 Å². The van der Waals surface area contributed by atoms with E-state index in [0.717, 1.165) is 45.2 Å². The summed E-state index contributed by atoms with van der Waals surface area (Å²) in [6, 6.07) is 7.18. The Morgan fingerprint density at radius 1 is 0.724 bits per heavy atom. The number of carbonyl (C=O) groups is 2. The third-order valence-electron chi connectivity index (χ3n) is 4.58. The van der Waals surface area contributed by atoms with E-state index in [9.17, 15) is 9.59 Å². The molecule has 29 heavy (non-hydrogen) atoms. The molecule has 0 aliphatic rings. The van der Waals surface area contributed by atoms with Gasteiger partial charge in [0.2, 0.25) is 0 Å². The van der Waals surface area contributed by atoms with Gasteiger partial charge in [0, 0.05) is 11.4 Å². The van der Waals surface area contributed by atoms with Crippen molar-refractivity contribution in [3.63, 3.8) is 0 Å². The Kier molecular flexibility index (Phi) is 5.79. The maximum atomic E-state index is 12.7. The van der Waals surface area contributed by atoms with Gasteiger partial charge < -0.3 is 10.6 Å². The van der Waals surface area contributed by atoms with E-state index in [2.05, 4.69) is 20.6 Å². The first-order valence-electron chi connectivity index (χ1n) is 9.28. The summed E-state index contributed by atoms with van der Waals surface area (Å²) in [5.41, 5.74) is 6.67. The minimum absolute atomic E-state index is 0.254. The van der Waals surface area contributed by atoms with Crippen LogP contribution in [0.4, 0.5) is 11.4 Å². The molecule has 3 aromatic rings. The van der Waals surface area contributed by atoms with E-state index in [4.69, 9.17) is 0 Å². The zero-order valence-electron chi connectivity index (χ0n) is 17.4. The smallest absolute Gasteiger partial charge is 0.265 e. The van der Waals surface area contributed by atoms with Crippen LogP contribution in [0.15, 0.2) is 24.3 Å². The van der Waals surface area contributed by atoms with Crippen LogP contribution in [0.3, 0.4) is 0 Å². The molecule has 0 atom stereocenters. The number of thiophene rings is 1. The molecule has 0 spiro atoms. The first-order chi connectivity index (χ1) is 13.7. The lowest BCUT2D eigenvalue weighted by atomic mass is 10.1. The summed E-state index contributed by atoms with van der Waals surface area (Å²) in [6.45, 7) is 11.4. The highest BCUT2D eigenvalue weighted by atomic mass is 32.1. The van der Waals surface area contributed by atoms with Crippen LogP contribution in [0.1, 0.15) is 53.2 Å². The summed E-state index contributed by atoms with van der Waals surface area (Å²) in [5.74, 6) is -0.509. The Morgan fingerprint density at radius 3 is 1.45 bits per heavy atom. The van der Waals surface area contributed by atoms with E-state index >= 15 is 0 Å². The number of hydrogen-bond donors (Lipinski definition) is 2. The number of nitrogens with one attached hydrogen (secondary N) is 2. The van der Waals surface area contributed by atoms with Crippen LogP contribution in [0.5, 0.6) is 0 Å². The van der Waals surface area contributed by atoms with Crippen molar-refractivity contribution < 1.29 is 9.59 Å². The lowest BCUT2D eigenvalue weighted by Gasteiger charge is -2.11. The fraction of sp³-hybridized carbons (Fsp3) is 0.273. The van der Waals surface area contributed by atoms with Crippen molar-refractivity contribution in [1.82, 2.24) is 9.97 Å². The first kappa shape index (κ1) is 20.7. The summed E-state index contributed by atoms with van der Waals surface area (Å²) in [5, 5.41) is 5.83. The largest absolute Gasteiger partial charge is 0.319 e. The number of carbonyl (C=O) groups excluding carboxylic acids is 2. The van der Waals surface area contributed by atoms with E-state index in [0.29, 0.717) is 21.1 Å². The molecule has 0 aliphatic heterocycles. The summed E-state index contributed by atoms with van der Waals surface area (Å²) in [6.07, 6.45) is 0. The van der Waals surface area contributed by atoms with Crippen molar-refractivity contribution in [3.05, 3.63) is 67.9 Å². The molecule has 3 rings (SSSR count). The monoisotopic (exact) mass is 408 g/mol. The van der Waals surface area contributed by atoms with Crippen LogP contribution < -0.4 is 10.6 Å². The summed E-state index contributed by atoms with van der Waals surface area (Å²) in [4.78, 5) is 35.1. The van der Waals surface area contributed by atoms with Crippen LogP contribution in [-0.2, 0) is 0 Å². The predicted octanol–water partition coefficient (Wildman–Crippen LogP) is 4.89. The molecule has 3 heterocycles. The second-order valence-electron chi connectivity index (χ2n) is 7.15. The SMILES string of the molecule is Cc1cc(C)c(NC(=O)c2ccc(C(=O)Nc3c(C)cc(C)nc3C)s2)c(C)n1. The average Bonchev–Trinajstić information content (AvgIpc) is 3.11. The number of aromatic nitrogens is 2. The summed E-state index contributed by atoms with van der Waals surface area (Å²) in [7, 11) is 0. The predicted molar refractivity (Wildman–Crippen MR) is 117 cm³/mol. The van der Waals surface area contributed by atoms with E-state index in [-0.39, 0.29) is 11.8 Å². The third kappa shape index (κ3) is 4.51. The van der Waals surface area contributed by atoms with Crippen LogP contribution in [0.25, 0.3) is 0 Å². The fourth-order valence-electron chi connectivity index (χ4n) is 3.36. The van der Waals surface area contributed by atoms with Crippen LogP contribution in [-0.4, -0.2) is 21.8 Å². The molecule has 150 valence electrons. The number of rotatable bonds is 4. The minimum atomic E-state index is -0.254. The van der Waals surface area contributed by atoms with E-state index in [1.54, 1.807) is 12.1 Å². The van der Waals surface area contributed by atoms with Crippen LogP contribution in [0.2, 0.25) is 0 Å². The van der Waals surface area contributed by atoms with E-state index in [1.165, 1.54) is 0 Å². The minimum Gasteiger partial charge on any atom is -0.319 e. The molecule has 0 unspecified atom stereocenters. The van der Waals surface area contributed by atoms with Gasteiger partial charge in [-0.25, -0.2) is 0 Å². The van der Waals surface area contributed by atoms with Gasteiger partial charge in [-0.3, -0.25) is 19.6 Å². The van der Waals surface area contributed by atoms with Crippen molar-refractivity contribution in [3.8, 4) is 0 Å². The van der Waals surface area contributed by atoms with Gasteiger partial charge in [0.05, 0.1) is 32.5 Å². The Labute approximate surface area is 174 Å². The molecule has 2 N–H and O–H groups in total. The molecule has 0 fully saturated rings. The van der Waals surface area contributed by atoms with Gasteiger partial charge >= 0.3 is 0 Å². The lowest BCUT2D eigenvalue weighted by Crippen LogP contribution is -2.14. The number of hydrogen-bond acceptors (Lipinski definition) is 5. The van der Waals surface area contributed by atoms with Crippen LogP contribution in [0, 0.1) is 41.5 Å². The van der Waals surface area contributed by atoms with Gasteiger partial charge in [-0.2, -0.15) is 0 Å². The molecular formula is C22H24N4O2S. The van der Waals surface area contributed by atoms with Gasteiger partial charge in [0.15, 0.2) is 0 Å². The summed E-state index contributed by atoms with van der Waals surface area (Å²) >= 11 is 1.15. The molecule has 0 aliphatic carbocycles. The third-order valence-corrected chi connectivity index (χ3v) is 5.66. The Balaban J connectivity index is 1.77. The highest BCUT2D eigenvalue weighted by molar-refractivity contribution is 7.16. The maximum Gasteiger partial charge on any atom is 0.265 e. The zero-order chi connectivity index (χ0) is 21.3. The first-order valence-corrected chi connectivity index (χ1v) is 10.1. The van der Waals surface area contributed by atoms with E-state index in [1.807, 2.05) is 53.7 Å². The Bertz CT molecular complexity index is 986. The highest BCUT2D eigenvalue weighted by Crippen LogP contribution is 2.25. The Morgan fingerprint density at radius 2 is 1.10 bits per heavy atom. The van der Waals surface area contributed by atoms with E-state index < -0.39 is 0 Å². The van der Waals surface area contributed by atoms with Crippen LogP contribution >= 0.6 is 11.3 Å². The van der Waals surface area contributed by atoms with Crippen molar-refractivity contribution in [2.24, 2.45) is 0 Å². The second-order valence-corrected chi connectivity index (χ2v) is 8.24. The Hall–Kier alpha value is -3.06. The van der Waals surface area contributed by atoms with Crippen molar-refractivity contribution in [2.75, 3.05) is 10.6 Å². The maximum absolute atomic E-state index is 12.7.